The summed E-state index contributed by atoms with van der Waals surface area (Å²) in [6.45, 7) is 5.49. The number of halogens is 2. The van der Waals surface area contributed by atoms with E-state index in [-0.39, 0.29) is 5.91 Å². The van der Waals surface area contributed by atoms with Crippen molar-refractivity contribution in [2.45, 2.75) is 19.8 Å². The molecule has 0 aliphatic carbocycles. The zero-order valence-corrected chi connectivity index (χ0v) is 17.6. The topological polar surface area (TPSA) is 63.3 Å². The van der Waals surface area contributed by atoms with Gasteiger partial charge < -0.3 is 14.6 Å². The lowest BCUT2D eigenvalue weighted by Gasteiger charge is -2.15. The largest absolute Gasteiger partial charge is 0.460 e. The van der Waals surface area contributed by atoms with Gasteiger partial charge in [-0.1, -0.05) is 23.2 Å². The number of hydrogen-bond acceptors (Lipinski definition) is 4. The first-order valence-electron chi connectivity index (χ1n) is 9.64. The van der Waals surface area contributed by atoms with Crippen LogP contribution in [0.3, 0.4) is 0 Å². The number of likely N-dealkylation sites (tertiary alicyclic amines) is 1. The van der Waals surface area contributed by atoms with Gasteiger partial charge >= 0.3 is 0 Å². The van der Waals surface area contributed by atoms with Crippen LogP contribution in [-0.2, 0) is 0 Å². The lowest BCUT2D eigenvalue weighted by atomic mass is 10.2. The van der Waals surface area contributed by atoms with E-state index >= 15 is 0 Å². The molecule has 1 amide bonds. The van der Waals surface area contributed by atoms with Gasteiger partial charge in [-0.2, -0.15) is 5.10 Å². The number of furan rings is 1. The van der Waals surface area contributed by atoms with Gasteiger partial charge in [0.2, 0.25) is 0 Å². The molecule has 1 aromatic carbocycles. The first-order valence-corrected chi connectivity index (χ1v) is 10.4. The van der Waals surface area contributed by atoms with Gasteiger partial charge in [-0.25, -0.2) is 4.68 Å². The third-order valence-corrected chi connectivity index (χ3v) is 5.73. The molecule has 0 spiro atoms. The minimum atomic E-state index is -0.197. The van der Waals surface area contributed by atoms with Crippen LogP contribution in [0.1, 0.15) is 29.1 Å². The number of amides is 1. The van der Waals surface area contributed by atoms with Crippen LogP contribution in [0.25, 0.3) is 17.1 Å². The normalized spacial score (nSPS) is 14.4. The SMILES string of the molecule is Cc1ccc(-c2cc(C(=O)NCCN3CCCC3)n(-c3ccc(Cl)c(Cl)c3)n2)o1. The van der Waals surface area contributed by atoms with E-state index < -0.39 is 0 Å². The van der Waals surface area contributed by atoms with Crippen LogP contribution in [0.5, 0.6) is 0 Å². The molecule has 8 heteroatoms. The maximum atomic E-state index is 12.9. The summed E-state index contributed by atoms with van der Waals surface area (Å²) < 4.78 is 7.25. The van der Waals surface area contributed by atoms with Gasteiger partial charge in [0, 0.05) is 19.2 Å². The second-order valence-electron chi connectivity index (χ2n) is 7.14. The standard InChI is InChI=1S/C21H22Cl2N4O2/c1-14-4-7-20(29-14)18-13-19(21(28)24-8-11-26-9-2-3-10-26)27(25-18)15-5-6-16(22)17(23)12-15/h4-7,12-13H,2-3,8-11H2,1H3,(H,24,28). The molecular weight excluding hydrogens is 411 g/mol. The monoisotopic (exact) mass is 432 g/mol. The van der Waals surface area contributed by atoms with Gasteiger partial charge in [0.1, 0.15) is 17.1 Å². The maximum Gasteiger partial charge on any atom is 0.270 e. The Bertz CT molecular complexity index is 1020. The van der Waals surface area contributed by atoms with E-state index in [1.807, 2.05) is 19.1 Å². The van der Waals surface area contributed by atoms with Gasteiger partial charge in [0.05, 0.1) is 15.7 Å². The summed E-state index contributed by atoms with van der Waals surface area (Å²) in [5, 5.41) is 8.44. The minimum Gasteiger partial charge on any atom is -0.460 e. The van der Waals surface area contributed by atoms with E-state index in [0.717, 1.165) is 25.4 Å². The number of carbonyl (C=O) groups excluding carboxylic acids is 1. The average Bonchev–Trinajstić information content (AvgIpc) is 3.44. The molecule has 0 saturated carbocycles. The molecule has 1 N–H and O–H groups in total. The third kappa shape index (κ3) is 4.50. The molecule has 0 bridgehead atoms. The van der Waals surface area contributed by atoms with Crippen molar-refractivity contribution in [3.05, 3.63) is 57.9 Å². The third-order valence-electron chi connectivity index (χ3n) is 4.99. The molecule has 1 aliphatic heterocycles. The van der Waals surface area contributed by atoms with E-state index in [2.05, 4.69) is 15.3 Å². The van der Waals surface area contributed by atoms with Gasteiger partial charge in [-0.3, -0.25) is 4.79 Å². The Morgan fingerprint density at radius 3 is 2.62 bits per heavy atom. The fourth-order valence-electron chi connectivity index (χ4n) is 3.47. The lowest BCUT2D eigenvalue weighted by Crippen LogP contribution is -2.34. The van der Waals surface area contributed by atoms with E-state index in [1.54, 1.807) is 28.9 Å². The number of rotatable bonds is 6. The van der Waals surface area contributed by atoms with E-state index in [9.17, 15) is 4.79 Å². The Labute approximate surface area is 179 Å². The molecule has 1 saturated heterocycles. The number of benzene rings is 1. The Morgan fingerprint density at radius 2 is 1.93 bits per heavy atom. The summed E-state index contributed by atoms with van der Waals surface area (Å²) in [4.78, 5) is 15.3. The second-order valence-corrected chi connectivity index (χ2v) is 7.95. The van der Waals surface area contributed by atoms with E-state index in [1.165, 1.54) is 12.8 Å². The fourth-order valence-corrected chi connectivity index (χ4v) is 3.77. The molecule has 0 radical (unpaired) electrons. The Kier molecular flexibility index (Phi) is 5.94. The molecule has 2 aromatic heterocycles. The highest BCUT2D eigenvalue weighted by Crippen LogP contribution is 2.27. The van der Waals surface area contributed by atoms with E-state index in [0.29, 0.717) is 39.4 Å². The molecule has 4 rings (SSSR count). The highest BCUT2D eigenvalue weighted by molar-refractivity contribution is 6.42. The van der Waals surface area contributed by atoms with Gasteiger partial charge in [-0.05, 0) is 63.2 Å². The Morgan fingerprint density at radius 1 is 1.14 bits per heavy atom. The van der Waals surface area contributed by atoms with Crippen molar-refractivity contribution in [1.29, 1.82) is 0 Å². The number of carbonyl (C=O) groups is 1. The van der Waals surface area contributed by atoms with Crippen molar-refractivity contribution in [3.63, 3.8) is 0 Å². The predicted octanol–water partition coefficient (Wildman–Crippen LogP) is 4.57. The highest BCUT2D eigenvalue weighted by Gasteiger charge is 2.20. The van der Waals surface area contributed by atoms with Crippen molar-refractivity contribution in [3.8, 4) is 17.1 Å². The minimum absolute atomic E-state index is 0.197. The van der Waals surface area contributed by atoms with Crippen molar-refractivity contribution in [2.75, 3.05) is 26.2 Å². The molecule has 0 unspecified atom stereocenters. The number of aryl methyl sites for hydroxylation is 1. The summed E-state index contributed by atoms with van der Waals surface area (Å²) in [7, 11) is 0. The molecule has 1 aliphatic rings. The quantitative estimate of drug-likeness (QED) is 0.619. The van der Waals surface area contributed by atoms with Crippen LogP contribution in [0.2, 0.25) is 10.0 Å². The fraction of sp³-hybridized carbons (Fsp3) is 0.333. The van der Waals surface area contributed by atoms with Crippen LogP contribution < -0.4 is 5.32 Å². The summed E-state index contributed by atoms with van der Waals surface area (Å²) in [5.74, 6) is 1.19. The smallest absolute Gasteiger partial charge is 0.270 e. The van der Waals surface area contributed by atoms with Crippen molar-refractivity contribution in [2.24, 2.45) is 0 Å². The van der Waals surface area contributed by atoms with Crippen molar-refractivity contribution >= 4 is 29.1 Å². The van der Waals surface area contributed by atoms with Crippen molar-refractivity contribution < 1.29 is 9.21 Å². The summed E-state index contributed by atoms with van der Waals surface area (Å²) in [6, 6.07) is 10.6. The number of hydrogen-bond donors (Lipinski definition) is 1. The first kappa shape index (κ1) is 20.0. The molecule has 3 heterocycles. The summed E-state index contributed by atoms with van der Waals surface area (Å²) in [5.41, 5.74) is 1.64. The number of aromatic nitrogens is 2. The van der Waals surface area contributed by atoms with E-state index in [4.69, 9.17) is 27.6 Å². The number of nitrogens with one attached hydrogen (secondary N) is 1. The molecular formula is C21H22Cl2N4O2. The zero-order chi connectivity index (χ0) is 20.4. The maximum absolute atomic E-state index is 12.9. The molecule has 3 aromatic rings. The molecule has 1 fully saturated rings. The second kappa shape index (κ2) is 8.61. The summed E-state index contributed by atoms with van der Waals surface area (Å²) in [6.07, 6.45) is 2.45. The predicted molar refractivity (Wildman–Crippen MR) is 114 cm³/mol. The van der Waals surface area contributed by atoms with Crippen molar-refractivity contribution in [1.82, 2.24) is 20.0 Å². The number of nitrogens with zero attached hydrogens (tertiary/aromatic N) is 3. The Balaban J connectivity index is 1.61. The van der Waals surface area contributed by atoms with Gasteiger partial charge in [0.15, 0.2) is 5.76 Å². The Hall–Kier alpha value is -2.28. The molecule has 6 nitrogen and oxygen atoms in total. The highest BCUT2D eigenvalue weighted by atomic mass is 35.5. The average molecular weight is 433 g/mol. The van der Waals surface area contributed by atoms with Gasteiger partial charge in [0.25, 0.3) is 5.91 Å². The van der Waals surface area contributed by atoms with Crippen LogP contribution in [0.15, 0.2) is 40.8 Å². The molecule has 152 valence electrons. The summed E-state index contributed by atoms with van der Waals surface area (Å²) >= 11 is 12.2. The van der Waals surface area contributed by atoms with Gasteiger partial charge in [-0.15, -0.1) is 0 Å². The lowest BCUT2D eigenvalue weighted by molar-refractivity contribution is 0.0942. The van der Waals surface area contributed by atoms with Crippen LogP contribution >= 0.6 is 23.2 Å². The van der Waals surface area contributed by atoms with Crippen LogP contribution in [-0.4, -0.2) is 46.8 Å². The first-order chi connectivity index (χ1) is 14.0. The molecule has 29 heavy (non-hydrogen) atoms. The van der Waals surface area contributed by atoms with Crippen LogP contribution in [0, 0.1) is 6.92 Å². The molecule has 0 atom stereocenters. The van der Waals surface area contributed by atoms with Crippen LogP contribution in [0.4, 0.5) is 0 Å². The zero-order valence-electron chi connectivity index (χ0n) is 16.1.